The third-order valence-electron chi connectivity index (χ3n) is 2.43. The van der Waals surface area contributed by atoms with Crippen LogP contribution in [-0.2, 0) is 22.1 Å². The first-order valence-corrected chi connectivity index (χ1v) is 5.34. The molecule has 0 spiro atoms. The van der Waals surface area contributed by atoms with Gasteiger partial charge in [0.05, 0.1) is 19.2 Å². The second kappa shape index (κ2) is 5.78. The molecule has 10 heteroatoms. The van der Waals surface area contributed by atoms with Gasteiger partial charge in [-0.1, -0.05) is 0 Å². The van der Waals surface area contributed by atoms with Crippen molar-refractivity contribution in [1.82, 2.24) is 4.98 Å². The highest BCUT2D eigenvalue weighted by atomic mass is 19.4. The van der Waals surface area contributed by atoms with E-state index in [-0.39, 0.29) is 11.9 Å². The zero-order valence-electron chi connectivity index (χ0n) is 10.7. The average molecular weight is 317 g/mol. The summed E-state index contributed by atoms with van der Waals surface area (Å²) in [7, 11) is 1.02. The number of aromatic nitrogens is 1. The predicted octanol–water partition coefficient (Wildman–Crippen LogP) is 3.02. The number of rotatable bonds is 3. The summed E-state index contributed by atoms with van der Waals surface area (Å²) in [5.41, 5.74) is -2.51. The fraction of sp³-hybridized carbons (Fsp3) is 0.455. The minimum absolute atomic E-state index is 0.187. The molecular weight excluding hydrogens is 308 g/mol. The molecule has 1 heterocycles. The lowest BCUT2D eigenvalue weighted by atomic mass is 10.1. The number of hydrogen-bond donors (Lipinski definition) is 0. The topological polar surface area (TPSA) is 48.4 Å². The van der Waals surface area contributed by atoms with Crippen LogP contribution in [0.15, 0.2) is 6.20 Å². The fourth-order valence-electron chi connectivity index (χ4n) is 1.47. The van der Waals surface area contributed by atoms with E-state index in [1.807, 2.05) is 0 Å². The summed E-state index contributed by atoms with van der Waals surface area (Å²) in [6.45, 7) is 0.946. The highest BCUT2D eigenvalue weighted by Crippen LogP contribution is 2.40. The molecule has 0 amide bonds. The molecule has 0 atom stereocenters. The number of alkyl halides is 6. The maximum atomic E-state index is 12.7. The van der Waals surface area contributed by atoms with Gasteiger partial charge in [-0.2, -0.15) is 13.2 Å². The van der Waals surface area contributed by atoms with Gasteiger partial charge >= 0.3 is 18.5 Å². The van der Waals surface area contributed by atoms with Gasteiger partial charge in [0, 0.05) is 11.8 Å². The van der Waals surface area contributed by atoms with Gasteiger partial charge in [0.15, 0.2) is 0 Å². The molecule has 0 aromatic carbocycles. The van der Waals surface area contributed by atoms with Crippen molar-refractivity contribution in [2.45, 2.75) is 25.9 Å². The highest BCUT2D eigenvalue weighted by molar-refractivity contribution is 5.72. The number of hydrogen-bond acceptors (Lipinski definition) is 4. The molecular formula is C11H9F6NO3. The molecule has 0 saturated carbocycles. The Labute approximate surface area is 114 Å². The summed E-state index contributed by atoms with van der Waals surface area (Å²) < 4.78 is 82.5. The number of carbonyl (C=O) groups excluding carboxylic acids is 1. The number of methoxy groups -OCH3 is 1. The van der Waals surface area contributed by atoms with E-state index in [1.165, 1.54) is 0 Å². The molecule has 0 unspecified atom stereocenters. The van der Waals surface area contributed by atoms with Crippen LogP contribution in [0.3, 0.4) is 0 Å². The van der Waals surface area contributed by atoms with Crippen LogP contribution in [0.4, 0.5) is 26.3 Å². The van der Waals surface area contributed by atoms with Gasteiger partial charge in [0.25, 0.3) is 0 Å². The third kappa shape index (κ3) is 4.50. The molecule has 0 radical (unpaired) electrons. The first-order valence-electron chi connectivity index (χ1n) is 5.34. The lowest BCUT2D eigenvalue weighted by molar-refractivity contribution is -0.276. The zero-order valence-corrected chi connectivity index (χ0v) is 10.7. The van der Waals surface area contributed by atoms with Crippen molar-refractivity contribution in [3.63, 3.8) is 0 Å². The van der Waals surface area contributed by atoms with E-state index in [2.05, 4.69) is 14.5 Å². The van der Waals surface area contributed by atoms with Crippen LogP contribution in [-0.4, -0.2) is 24.4 Å². The lowest BCUT2D eigenvalue weighted by Crippen LogP contribution is -2.22. The van der Waals surface area contributed by atoms with Crippen LogP contribution in [0.1, 0.15) is 16.8 Å². The van der Waals surface area contributed by atoms with E-state index in [1.54, 1.807) is 0 Å². The monoisotopic (exact) mass is 317 g/mol. The van der Waals surface area contributed by atoms with Crippen molar-refractivity contribution in [1.29, 1.82) is 0 Å². The summed E-state index contributed by atoms with van der Waals surface area (Å²) in [6.07, 6.45) is -10.8. The number of esters is 1. The average Bonchev–Trinajstić information content (AvgIpc) is 2.30. The quantitative estimate of drug-likeness (QED) is 0.635. The summed E-state index contributed by atoms with van der Waals surface area (Å²) in [5, 5.41) is 0. The normalized spacial score (nSPS) is 12.2. The molecule has 0 saturated heterocycles. The first-order chi connectivity index (χ1) is 9.45. The SMILES string of the molecule is COC(=O)Cc1ncc(C(F)(F)F)c(OC(F)(F)F)c1C. The van der Waals surface area contributed by atoms with Crippen LogP contribution in [0, 0.1) is 6.92 Å². The fourth-order valence-corrected chi connectivity index (χ4v) is 1.47. The van der Waals surface area contributed by atoms with E-state index in [0.717, 1.165) is 14.0 Å². The minimum Gasteiger partial charge on any atom is -0.469 e. The number of nitrogens with zero attached hydrogens (tertiary/aromatic N) is 1. The van der Waals surface area contributed by atoms with E-state index >= 15 is 0 Å². The zero-order chi connectivity index (χ0) is 16.4. The van der Waals surface area contributed by atoms with Gasteiger partial charge < -0.3 is 9.47 Å². The van der Waals surface area contributed by atoms with Gasteiger partial charge in [-0.3, -0.25) is 9.78 Å². The molecule has 21 heavy (non-hydrogen) atoms. The number of ether oxygens (including phenoxy) is 2. The Morgan fingerprint density at radius 1 is 1.24 bits per heavy atom. The Balaban J connectivity index is 3.37. The largest absolute Gasteiger partial charge is 0.573 e. The Hall–Kier alpha value is -2.00. The minimum atomic E-state index is -5.31. The van der Waals surface area contributed by atoms with Crippen molar-refractivity contribution in [3.05, 3.63) is 23.0 Å². The van der Waals surface area contributed by atoms with Gasteiger partial charge in [-0.05, 0) is 6.92 Å². The second-order valence-corrected chi connectivity index (χ2v) is 3.87. The summed E-state index contributed by atoms with van der Waals surface area (Å²) in [4.78, 5) is 14.4. The molecule has 1 rings (SSSR count). The van der Waals surface area contributed by atoms with E-state index < -0.39 is 41.8 Å². The van der Waals surface area contributed by atoms with E-state index in [4.69, 9.17) is 0 Å². The summed E-state index contributed by atoms with van der Waals surface area (Å²) >= 11 is 0. The molecule has 1 aromatic heterocycles. The lowest BCUT2D eigenvalue weighted by Gasteiger charge is -2.18. The number of pyridine rings is 1. The van der Waals surface area contributed by atoms with Crippen LogP contribution >= 0.6 is 0 Å². The Bertz CT molecular complexity index is 538. The first kappa shape index (κ1) is 17.1. The van der Waals surface area contributed by atoms with Gasteiger partial charge in [-0.25, -0.2) is 0 Å². The van der Waals surface area contributed by atoms with Gasteiger partial charge in [0.1, 0.15) is 11.3 Å². The van der Waals surface area contributed by atoms with Crippen LogP contribution in [0.5, 0.6) is 5.75 Å². The maximum Gasteiger partial charge on any atom is 0.573 e. The predicted molar refractivity (Wildman–Crippen MR) is 56.4 cm³/mol. The Morgan fingerprint density at radius 3 is 2.24 bits per heavy atom. The molecule has 0 N–H and O–H groups in total. The second-order valence-electron chi connectivity index (χ2n) is 3.87. The Kier molecular flexibility index (Phi) is 4.69. The van der Waals surface area contributed by atoms with Crippen LogP contribution in [0.25, 0.3) is 0 Å². The molecule has 0 fully saturated rings. The molecule has 118 valence electrons. The molecule has 0 bridgehead atoms. The van der Waals surface area contributed by atoms with Crippen molar-refractivity contribution in [2.24, 2.45) is 0 Å². The molecule has 1 aromatic rings. The van der Waals surface area contributed by atoms with Crippen molar-refractivity contribution >= 4 is 5.97 Å². The summed E-state index contributed by atoms with van der Waals surface area (Å²) in [5.74, 6) is -2.28. The Morgan fingerprint density at radius 2 is 1.81 bits per heavy atom. The van der Waals surface area contributed by atoms with Crippen LogP contribution < -0.4 is 4.74 Å². The number of halogens is 6. The highest BCUT2D eigenvalue weighted by Gasteiger charge is 2.41. The smallest absolute Gasteiger partial charge is 0.469 e. The third-order valence-corrected chi connectivity index (χ3v) is 2.43. The number of carbonyl (C=O) groups is 1. The molecule has 0 aliphatic rings. The molecule has 0 aliphatic heterocycles. The summed E-state index contributed by atoms with van der Waals surface area (Å²) in [6, 6.07) is 0. The molecule has 0 aliphatic carbocycles. The van der Waals surface area contributed by atoms with Crippen LogP contribution in [0.2, 0.25) is 0 Å². The van der Waals surface area contributed by atoms with Crippen molar-refractivity contribution in [3.8, 4) is 5.75 Å². The van der Waals surface area contributed by atoms with E-state index in [0.29, 0.717) is 0 Å². The maximum absolute atomic E-state index is 12.7. The van der Waals surface area contributed by atoms with Crippen molar-refractivity contribution in [2.75, 3.05) is 7.11 Å². The van der Waals surface area contributed by atoms with E-state index in [9.17, 15) is 31.1 Å². The van der Waals surface area contributed by atoms with Crippen molar-refractivity contribution < 1.29 is 40.6 Å². The molecule has 4 nitrogen and oxygen atoms in total. The standard InChI is InChI=1S/C11H9F6NO3/c1-5-7(3-8(19)20-2)18-4-6(10(12,13)14)9(5)21-11(15,16)17/h4H,3H2,1-2H3. The van der Waals surface area contributed by atoms with Gasteiger partial charge in [-0.15, -0.1) is 13.2 Å². The van der Waals surface area contributed by atoms with Gasteiger partial charge in [0.2, 0.25) is 0 Å².